The van der Waals surface area contributed by atoms with E-state index in [1.54, 1.807) is 0 Å². The summed E-state index contributed by atoms with van der Waals surface area (Å²) in [6.45, 7) is 0. The monoisotopic (exact) mass is 304 g/mol. The molecule has 0 fully saturated rings. The van der Waals surface area contributed by atoms with Gasteiger partial charge in [-0.25, -0.2) is 4.39 Å². The zero-order valence-corrected chi connectivity index (χ0v) is 10.2. The molecule has 0 aliphatic carbocycles. The van der Waals surface area contributed by atoms with Gasteiger partial charge in [-0.1, -0.05) is 0 Å². The lowest BCUT2D eigenvalue weighted by molar-refractivity contribution is -0.138. The maximum absolute atomic E-state index is 12.9. The molecule has 0 bridgehead atoms. The summed E-state index contributed by atoms with van der Waals surface area (Å²) in [7, 11) is 0. The summed E-state index contributed by atoms with van der Waals surface area (Å²) in [5, 5.41) is 8.58. The van der Waals surface area contributed by atoms with Crippen LogP contribution < -0.4 is 11.5 Å². The van der Waals surface area contributed by atoms with E-state index in [1.807, 2.05) is 0 Å². The van der Waals surface area contributed by atoms with Crippen molar-refractivity contribution < 1.29 is 19.1 Å². The molecule has 92 valence electrons. The number of nitrogen functional groups attached to an aromatic ring is 1. The van der Waals surface area contributed by atoms with Gasteiger partial charge in [-0.15, -0.1) is 0 Å². The first-order valence-corrected chi connectivity index (χ1v) is 5.38. The second kappa shape index (κ2) is 5.24. The Balaban J connectivity index is 3.01. The minimum Gasteiger partial charge on any atom is -0.480 e. The van der Waals surface area contributed by atoms with Gasteiger partial charge >= 0.3 is 5.97 Å². The lowest BCUT2D eigenvalue weighted by Crippen LogP contribution is -2.32. The number of carboxylic acids is 1. The third-order valence-corrected chi connectivity index (χ3v) is 2.71. The molecule has 5 N–H and O–H groups in total. The van der Waals surface area contributed by atoms with E-state index < -0.39 is 30.0 Å². The van der Waals surface area contributed by atoms with E-state index in [0.717, 1.165) is 12.1 Å². The van der Waals surface area contributed by atoms with Crippen LogP contribution in [0.25, 0.3) is 0 Å². The molecule has 0 saturated carbocycles. The van der Waals surface area contributed by atoms with Gasteiger partial charge in [-0.3, -0.25) is 9.59 Å². The number of halogens is 2. The number of carbonyl (C=O) groups is 2. The highest BCUT2D eigenvalue weighted by Crippen LogP contribution is 2.26. The first-order chi connectivity index (χ1) is 7.82. The minimum absolute atomic E-state index is 0.0445. The van der Waals surface area contributed by atoms with Gasteiger partial charge in [-0.2, -0.15) is 0 Å². The third-order valence-electron chi connectivity index (χ3n) is 2.09. The van der Waals surface area contributed by atoms with E-state index in [9.17, 15) is 14.0 Å². The molecule has 1 atom stereocenters. The maximum Gasteiger partial charge on any atom is 0.320 e. The average Bonchev–Trinajstić information content (AvgIpc) is 2.15. The summed E-state index contributed by atoms with van der Waals surface area (Å²) < 4.78 is 13.1. The standard InChI is InChI=1S/C10H10BrFN2O3/c11-5-1-4(12)2-6(13)9(5)8(15)3-7(14)10(16)17/h1-2,7H,3,13-14H2,(H,16,17)/t7-/m0/s1. The average molecular weight is 305 g/mol. The van der Waals surface area contributed by atoms with Crippen LogP contribution in [0.15, 0.2) is 16.6 Å². The molecular formula is C10H10BrFN2O3. The number of rotatable bonds is 4. The lowest BCUT2D eigenvalue weighted by atomic mass is 10.0. The molecule has 0 unspecified atom stereocenters. The van der Waals surface area contributed by atoms with Crippen molar-refractivity contribution in [2.75, 3.05) is 5.73 Å². The number of carbonyl (C=O) groups excluding carboxylic acids is 1. The molecule has 0 aliphatic rings. The SMILES string of the molecule is Nc1cc(F)cc(Br)c1C(=O)C[C@H](N)C(=O)O. The number of ketones is 1. The van der Waals surface area contributed by atoms with Crippen molar-refractivity contribution in [2.24, 2.45) is 5.73 Å². The summed E-state index contributed by atoms with van der Waals surface area (Å²) in [6.07, 6.45) is -0.399. The van der Waals surface area contributed by atoms with Crippen molar-refractivity contribution in [1.29, 1.82) is 0 Å². The molecule has 0 radical (unpaired) electrons. The van der Waals surface area contributed by atoms with E-state index in [0.29, 0.717) is 0 Å². The van der Waals surface area contributed by atoms with E-state index in [4.69, 9.17) is 16.6 Å². The molecule has 0 spiro atoms. The number of nitrogens with two attached hydrogens (primary N) is 2. The Kier molecular flexibility index (Phi) is 4.19. The normalized spacial score (nSPS) is 12.2. The fourth-order valence-electron chi connectivity index (χ4n) is 1.28. The topological polar surface area (TPSA) is 106 Å². The van der Waals surface area contributed by atoms with Gasteiger partial charge in [0.15, 0.2) is 5.78 Å². The van der Waals surface area contributed by atoms with Crippen LogP contribution in [0.1, 0.15) is 16.8 Å². The molecule has 5 nitrogen and oxygen atoms in total. The van der Waals surface area contributed by atoms with E-state index in [2.05, 4.69) is 15.9 Å². The van der Waals surface area contributed by atoms with Crippen molar-refractivity contribution in [3.05, 3.63) is 28.0 Å². The summed E-state index contributed by atoms with van der Waals surface area (Å²) in [6, 6.07) is 0.763. The van der Waals surface area contributed by atoms with Gasteiger partial charge in [0.2, 0.25) is 0 Å². The lowest BCUT2D eigenvalue weighted by Gasteiger charge is -2.09. The van der Waals surface area contributed by atoms with Crippen LogP contribution in [-0.2, 0) is 4.79 Å². The van der Waals surface area contributed by atoms with Crippen LogP contribution in [0.4, 0.5) is 10.1 Å². The Hall–Kier alpha value is -1.47. The minimum atomic E-state index is -1.31. The van der Waals surface area contributed by atoms with E-state index in [-0.39, 0.29) is 15.7 Å². The quantitative estimate of drug-likeness (QED) is 0.571. The molecule has 0 amide bonds. The molecule has 0 aliphatic heterocycles. The van der Waals surface area contributed by atoms with Crippen LogP contribution >= 0.6 is 15.9 Å². The molecule has 0 aromatic heterocycles. The number of hydrogen-bond donors (Lipinski definition) is 3. The molecule has 0 heterocycles. The van der Waals surface area contributed by atoms with Gasteiger partial charge in [0.1, 0.15) is 11.9 Å². The highest BCUT2D eigenvalue weighted by atomic mass is 79.9. The van der Waals surface area contributed by atoms with Crippen LogP contribution in [0.3, 0.4) is 0 Å². The molecule has 1 aromatic carbocycles. The van der Waals surface area contributed by atoms with Gasteiger partial charge < -0.3 is 16.6 Å². The highest BCUT2D eigenvalue weighted by Gasteiger charge is 2.21. The smallest absolute Gasteiger partial charge is 0.320 e. The zero-order chi connectivity index (χ0) is 13.2. The molecule has 7 heteroatoms. The summed E-state index contributed by atoms with van der Waals surface area (Å²) in [5.41, 5.74) is 10.7. The van der Waals surface area contributed by atoms with Crippen molar-refractivity contribution in [2.45, 2.75) is 12.5 Å². The summed E-state index contributed by atoms with van der Waals surface area (Å²) in [4.78, 5) is 22.2. The summed E-state index contributed by atoms with van der Waals surface area (Å²) in [5.74, 6) is -2.42. The Morgan fingerprint density at radius 3 is 2.53 bits per heavy atom. The van der Waals surface area contributed by atoms with Crippen molar-refractivity contribution in [3.8, 4) is 0 Å². The fourth-order valence-corrected chi connectivity index (χ4v) is 1.95. The van der Waals surface area contributed by atoms with Crippen LogP contribution in [0.5, 0.6) is 0 Å². The number of carboxylic acid groups (broad SMARTS) is 1. The Morgan fingerprint density at radius 1 is 1.47 bits per heavy atom. The molecule has 1 aromatic rings. The molecule has 1 rings (SSSR count). The van der Waals surface area contributed by atoms with Crippen LogP contribution in [-0.4, -0.2) is 22.9 Å². The Labute approximate surface area is 105 Å². The van der Waals surface area contributed by atoms with Crippen molar-refractivity contribution >= 4 is 33.4 Å². The molecular weight excluding hydrogens is 295 g/mol. The van der Waals surface area contributed by atoms with Crippen molar-refractivity contribution in [1.82, 2.24) is 0 Å². The van der Waals surface area contributed by atoms with Gasteiger partial charge in [-0.05, 0) is 28.1 Å². The van der Waals surface area contributed by atoms with Crippen molar-refractivity contribution in [3.63, 3.8) is 0 Å². The summed E-state index contributed by atoms with van der Waals surface area (Å²) >= 11 is 3.00. The van der Waals surface area contributed by atoms with Gasteiger partial charge in [0, 0.05) is 16.6 Å². The predicted octanol–water partition coefficient (Wildman–Crippen LogP) is 1.16. The molecule has 17 heavy (non-hydrogen) atoms. The third kappa shape index (κ3) is 3.24. The Morgan fingerprint density at radius 2 is 2.06 bits per heavy atom. The van der Waals surface area contributed by atoms with E-state index >= 15 is 0 Å². The number of hydrogen-bond acceptors (Lipinski definition) is 4. The second-order valence-electron chi connectivity index (χ2n) is 3.42. The predicted molar refractivity (Wildman–Crippen MR) is 63.1 cm³/mol. The van der Waals surface area contributed by atoms with Gasteiger partial charge in [0.25, 0.3) is 0 Å². The number of aliphatic carboxylic acids is 1. The maximum atomic E-state index is 12.9. The molecule has 0 saturated heterocycles. The number of benzene rings is 1. The zero-order valence-electron chi connectivity index (χ0n) is 8.61. The van der Waals surface area contributed by atoms with Crippen LogP contribution in [0, 0.1) is 5.82 Å². The van der Waals surface area contributed by atoms with Gasteiger partial charge in [0.05, 0.1) is 5.56 Å². The fraction of sp³-hybridized carbons (Fsp3) is 0.200. The highest BCUT2D eigenvalue weighted by molar-refractivity contribution is 9.10. The van der Waals surface area contributed by atoms with E-state index in [1.165, 1.54) is 0 Å². The first kappa shape index (κ1) is 13.6. The second-order valence-corrected chi connectivity index (χ2v) is 4.28. The van der Waals surface area contributed by atoms with Crippen LogP contribution in [0.2, 0.25) is 0 Å². The number of anilines is 1. The first-order valence-electron chi connectivity index (χ1n) is 4.59. The Bertz CT molecular complexity index is 456. The number of Topliss-reactive ketones (excluding diaryl/α,β-unsaturated/α-hetero) is 1. The largest absolute Gasteiger partial charge is 0.480 e.